The lowest BCUT2D eigenvalue weighted by molar-refractivity contribution is -0.121. The number of amides is 1. The standard InChI is InChI=1S/C22H27BrN2O4S/c1-29-21-9-7-17(15-20(21)23)8-10-22(26)24-16-18-11-13-25(14-12-18)30(27,28)19-5-3-2-4-6-19/h2-7,9,15,18H,8,10-14,16H2,1H3,(H,24,26). The molecule has 0 unspecified atom stereocenters. The highest BCUT2D eigenvalue weighted by atomic mass is 79.9. The van der Waals surface area contributed by atoms with E-state index < -0.39 is 10.0 Å². The molecule has 0 atom stereocenters. The minimum absolute atomic E-state index is 0.0151. The maximum absolute atomic E-state index is 12.7. The van der Waals surface area contributed by atoms with E-state index in [0.717, 1.165) is 28.6 Å². The largest absolute Gasteiger partial charge is 0.496 e. The quantitative estimate of drug-likeness (QED) is 0.607. The molecule has 0 radical (unpaired) electrons. The number of nitrogens with zero attached hydrogens (tertiary/aromatic N) is 1. The van der Waals surface area contributed by atoms with E-state index in [4.69, 9.17) is 4.74 Å². The van der Waals surface area contributed by atoms with E-state index in [0.29, 0.717) is 43.3 Å². The molecule has 0 bridgehead atoms. The van der Waals surface area contributed by atoms with Crippen molar-refractivity contribution >= 4 is 31.9 Å². The van der Waals surface area contributed by atoms with Gasteiger partial charge in [0.05, 0.1) is 16.5 Å². The van der Waals surface area contributed by atoms with Crippen LogP contribution in [0, 0.1) is 5.92 Å². The fourth-order valence-electron chi connectivity index (χ4n) is 3.57. The van der Waals surface area contributed by atoms with Gasteiger partial charge in [0.2, 0.25) is 15.9 Å². The summed E-state index contributed by atoms with van der Waals surface area (Å²) >= 11 is 3.46. The number of nitrogens with one attached hydrogen (secondary N) is 1. The molecule has 1 fully saturated rings. The van der Waals surface area contributed by atoms with Crippen molar-refractivity contribution in [2.45, 2.75) is 30.6 Å². The monoisotopic (exact) mass is 494 g/mol. The Morgan fingerprint density at radius 3 is 2.50 bits per heavy atom. The Kier molecular flexibility index (Phi) is 7.91. The maximum atomic E-state index is 12.7. The van der Waals surface area contributed by atoms with Gasteiger partial charge in [-0.3, -0.25) is 4.79 Å². The summed E-state index contributed by atoms with van der Waals surface area (Å²) in [5.41, 5.74) is 1.07. The van der Waals surface area contributed by atoms with E-state index in [2.05, 4.69) is 21.2 Å². The Hall–Kier alpha value is -1.90. The van der Waals surface area contributed by atoms with Crippen LogP contribution in [0.15, 0.2) is 57.9 Å². The number of ether oxygens (including phenoxy) is 1. The van der Waals surface area contributed by atoms with Gasteiger partial charge in [-0.1, -0.05) is 24.3 Å². The van der Waals surface area contributed by atoms with E-state index in [9.17, 15) is 13.2 Å². The number of methoxy groups -OCH3 is 1. The van der Waals surface area contributed by atoms with Gasteiger partial charge in [0.15, 0.2) is 0 Å². The summed E-state index contributed by atoms with van der Waals surface area (Å²) in [6.07, 6.45) is 2.57. The number of piperidine rings is 1. The first kappa shape index (κ1) is 22.8. The maximum Gasteiger partial charge on any atom is 0.243 e. The summed E-state index contributed by atoms with van der Waals surface area (Å²) < 4.78 is 33.0. The highest BCUT2D eigenvalue weighted by Gasteiger charge is 2.29. The first-order valence-corrected chi connectivity index (χ1v) is 12.3. The summed E-state index contributed by atoms with van der Waals surface area (Å²) in [6, 6.07) is 14.3. The summed E-state index contributed by atoms with van der Waals surface area (Å²) in [5.74, 6) is 1.08. The van der Waals surface area contributed by atoms with Crippen LogP contribution in [0.1, 0.15) is 24.8 Å². The Morgan fingerprint density at radius 1 is 1.17 bits per heavy atom. The van der Waals surface area contributed by atoms with Crippen LogP contribution in [-0.2, 0) is 21.2 Å². The minimum atomic E-state index is -3.43. The fourth-order valence-corrected chi connectivity index (χ4v) is 5.64. The van der Waals surface area contributed by atoms with Crippen LogP contribution in [0.4, 0.5) is 0 Å². The lowest BCUT2D eigenvalue weighted by Crippen LogP contribution is -2.41. The zero-order chi connectivity index (χ0) is 21.6. The Morgan fingerprint density at radius 2 is 1.87 bits per heavy atom. The summed E-state index contributed by atoms with van der Waals surface area (Å²) in [6.45, 7) is 1.56. The highest BCUT2D eigenvalue weighted by molar-refractivity contribution is 9.10. The summed E-state index contributed by atoms with van der Waals surface area (Å²) in [7, 11) is -1.81. The van der Waals surface area contributed by atoms with Gasteiger partial charge in [-0.2, -0.15) is 4.31 Å². The molecule has 162 valence electrons. The number of rotatable bonds is 8. The minimum Gasteiger partial charge on any atom is -0.496 e. The van der Waals surface area contributed by atoms with Gasteiger partial charge in [0, 0.05) is 26.1 Å². The molecule has 1 heterocycles. The van der Waals surface area contributed by atoms with Crippen molar-refractivity contribution in [2.24, 2.45) is 5.92 Å². The Balaban J connectivity index is 1.41. The van der Waals surface area contributed by atoms with Crippen molar-refractivity contribution in [3.63, 3.8) is 0 Å². The average Bonchev–Trinajstić information content (AvgIpc) is 2.77. The molecular formula is C22H27BrN2O4S. The number of carbonyl (C=O) groups is 1. The second-order valence-corrected chi connectivity index (χ2v) is 10.2. The van der Waals surface area contributed by atoms with Gasteiger partial charge in [-0.05, 0) is 70.9 Å². The highest BCUT2D eigenvalue weighted by Crippen LogP contribution is 2.26. The molecule has 0 aliphatic carbocycles. The number of benzene rings is 2. The number of hydrogen-bond donors (Lipinski definition) is 1. The normalized spacial score (nSPS) is 15.7. The molecule has 0 aromatic heterocycles. The summed E-state index contributed by atoms with van der Waals surface area (Å²) in [4.78, 5) is 12.6. The summed E-state index contributed by atoms with van der Waals surface area (Å²) in [5, 5.41) is 3.00. The zero-order valence-electron chi connectivity index (χ0n) is 17.0. The number of carbonyl (C=O) groups excluding carboxylic acids is 1. The molecule has 1 aliphatic rings. The molecule has 30 heavy (non-hydrogen) atoms. The van der Waals surface area contributed by atoms with Gasteiger partial charge >= 0.3 is 0 Å². The molecule has 1 N–H and O–H groups in total. The van der Waals surface area contributed by atoms with Crippen molar-refractivity contribution in [3.05, 3.63) is 58.6 Å². The molecule has 0 saturated carbocycles. The molecular weight excluding hydrogens is 468 g/mol. The predicted molar refractivity (Wildman–Crippen MR) is 120 cm³/mol. The molecule has 2 aromatic rings. The van der Waals surface area contributed by atoms with E-state index in [1.807, 2.05) is 18.2 Å². The molecule has 1 amide bonds. The van der Waals surface area contributed by atoms with Crippen LogP contribution in [0.25, 0.3) is 0 Å². The third-order valence-electron chi connectivity index (χ3n) is 5.40. The number of aryl methyl sites for hydroxylation is 1. The number of hydrogen-bond acceptors (Lipinski definition) is 4. The topological polar surface area (TPSA) is 75.7 Å². The van der Waals surface area contributed by atoms with Crippen LogP contribution >= 0.6 is 15.9 Å². The van der Waals surface area contributed by atoms with Crippen molar-refractivity contribution in [1.29, 1.82) is 0 Å². The van der Waals surface area contributed by atoms with Gasteiger partial charge in [0.25, 0.3) is 0 Å². The second kappa shape index (κ2) is 10.4. The molecule has 0 spiro atoms. The molecule has 2 aromatic carbocycles. The fraction of sp³-hybridized carbons (Fsp3) is 0.409. The van der Waals surface area contributed by atoms with Crippen molar-refractivity contribution in [1.82, 2.24) is 9.62 Å². The van der Waals surface area contributed by atoms with E-state index in [-0.39, 0.29) is 5.91 Å². The van der Waals surface area contributed by atoms with E-state index in [1.165, 1.54) is 0 Å². The van der Waals surface area contributed by atoms with Crippen molar-refractivity contribution < 1.29 is 17.9 Å². The molecule has 6 nitrogen and oxygen atoms in total. The van der Waals surface area contributed by atoms with Crippen LogP contribution in [0.3, 0.4) is 0 Å². The van der Waals surface area contributed by atoms with Gasteiger partial charge in [0.1, 0.15) is 5.75 Å². The zero-order valence-corrected chi connectivity index (χ0v) is 19.4. The lowest BCUT2D eigenvalue weighted by Gasteiger charge is -2.31. The average molecular weight is 495 g/mol. The van der Waals surface area contributed by atoms with E-state index in [1.54, 1.807) is 41.7 Å². The molecule has 3 rings (SSSR count). The predicted octanol–water partition coefficient (Wildman–Crippen LogP) is 3.61. The van der Waals surface area contributed by atoms with Gasteiger partial charge in [-0.25, -0.2) is 8.42 Å². The third kappa shape index (κ3) is 5.83. The van der Waals surface area contributed by atoms with Crippen molar-refractivity contribution in [3.8, 4) is 5.75 Å². The second-order valence-electron chi connectivity index (χ2n) is 7.43. The van der Waals surface area contributed by atoms with E-state index >= 15 is 0 Å². The lowest BCUT2D eigenvalue weighted by atomic mass is 9.98. The van der Waals surface area contributed by atoms with Crippen LogP contribution < -0.4 is 10.1 Å². The first-order valence-electron chi connectivity index (χ1n) is 10.0. The number of halogens is 1. The molecule has 8 heteroatoms. The Bertz CT molecular complexity index is 958. The smallest absolute Gasteiger partial charge is 0.243 e. The third-order valence-corrected chi connectivity index (χ3v) is 7.93. The first-order chi connectivity index (χ1) is 14.4. The van der Waals surface area contributed by atoms with Crippen LogP contribution in [0.2, 0.25) is 0 Å². The SMILES string of the molecule is COc1ccc(CCC(=O)NCC2CCN(S(=O)(=O)c3ccccc3)CC2)cc1Br. The van der Waals surface area contributed by atoms with Crippen molar-refractivity contribution in [2.75, 3.05) is 26.7 Å². The van der Waals surface area contributed by atoms with Gasteiger partial charge < -0.3 is 10.1 Å². The van der Waals surface area contributed by atoms with Crippen LogP contribution in [0.5, 0.6) is 5.75 Å². The van der Waals surface area contributed by atoms with Gasteiger partial charge in [-0.15, -0.1) is 0 Å². The molecule has 1 aliphatic heterocycles. The molecule has 1 saturated heterocycles. The number of sulfonamides is 1. The Labute approximate surface area is 186 Å². The van der Waals surface area contributed by atoms with Crippen LogP contribution in [-0.4, -0.2) is 45.4 Å².